The molecule has 0 bridgehead atoms. The van der Waals surface area contributed by atoms with Crippen LogP contribution in [0.15, 0.2) is 21.9 Å². The molecule has 0 saturated carbocycles. The molecule has 2 N–H and O–H groups in total. The molecule has 9 heteroatoms. The number of sulfonamides is 1. The molecule has 2 aromatic heterocycles. The van der Waals surface area contributed by atoms with Crippen LogP contribution in [0.4, 0.5) is 5.88 Å². The maximum absolute atomic E-state index is 11.3. The van der Waals surface area contributed by atoms with E-state index in [1.807, 2.05) is 0 Å². The fourth-order valence-corrected chi connectivity index (χ4v) is 2.63. The SMILES string of the molecule is CC(=O)Oc1c(NS(C)(=O)=O)oc(-c2cccs2)c1O. The lowest BCUT2D eigenvalue weighted by molar-refractivity contribution is -0.131. The van der Waals surface area contributed by atoms with Crippen molar-refractivity contribution in [2.45, 2.75) is 6.92 Å². The molecule has 20 heavy (non-hydrogen) atoms. The molecule has 0 radical (unpaired) electrons. The predicted octanol–water partition coefficient (Wildman–Crippen LogP) is 2.01. The lowest BCUT2D eigenvalue weighted by atomic mass is 10.3. The summed E-state index contributed by atoms with van der Waals surface area (Å²) >= 11 is 1.28. The molecule has 0 aliphatic carbocycles. The molecule has 0 aliphatic heterocycles. The van der Waals surface area contributed by atoms with E-state index in [0.717, 1.165) is 13.2 Å². The average molecular weight is 317 g/mol. The monoisotopic (exact) mass is 317 g/mol. The molecule has 0 saturated heterocycles. The fourth-order valence-electron chi connectivity index (χ4n) is 1.46. The van der Waals surface area contributed by atoms with Gasteiger partial charge in [0.05, 0.1) is 11.1 Å². The Morgan fingerprint density at radius 1 is 1.50 bits per heavy atom. The van der Waals surface area contributed by atoms with Gasteiger partial charge in [-0.25, -0.2) is 13.1 Å². The van der Waals surface area contributed by atoms with Crippen LogP contribution >= 0.6 is 11.3 Å². The highest BCUT2D eigenvalue weighted by Gasteiger charge is 2.26. The van der Waals surface area contributed by atoms with Crippen LogP contribution in [0.2, 0.25) is 0 Å². The van der Waals surface area contributed by atoms with Crippen molar-refractivity contribution in [2.75, 3.05) is 11.0 Å². The number of carbonyl (C=O) groups is 1. The van der Waals surface area contributed by atoms with Crippen molar-refractivity contribution in [1.82, 2.24) is 0 Å². The van der Waals surface area contributed by atoms with Crippen LogP contribution in [0.25, 0.3) is 10.6 Å². The van der Waals surface area contributed by atoms with Crippen molar-refractivity contribution in [1.29, 1.82) is 0 Å². The summed E-state index contributed by atoms with van der Waals surface area (Å²) in [5.74, 6) is -1.82. The fraction of sp³-hybridized carbons (Fsp3) is 0.182. The summed E-state index contributed by atoms with van der Waals surface area (Å²) in [7, 11) is -3.65. The van der Waals surface area contributed by atoms with E-state index in [-0.39, 0.29) is 17.4 Å². The summed E-state index contributed by atoms with van der Waals surface area (Å²) < 4.78 is 34.6. The van der Waals surface area contributed by atoms with Gasteiger partial charge in [-0.1, -0.05) is 6.07 Å². The molecule has 0 fully saturated rings. The van der Waals surface area contributed by atoms with Gasteiger partial charge in [-0.3, -0.25) is 4.79 Å². The van der Waals surface area contributed by atoms with Crippen LogP contribution in [-0.4, -0.2) is 25.7 Å². The van der Waals surface area contributed by atoms with Gasteiger partial charge >= 0.3 is 5.97 Å². The quantitative estimate of drug-likeness (QED) is 0.836. The molecule has 0 unspecified atom stereocenters. The molecular formula is C11H11NO6S2. The Labute approximate surface area is 118 Å². The number of aromatic hydroxyl groups is 1. The number of esters is 1. The molecule has 0 spiro atoms. The highest BCUT2D eigenvalue weighted by molar-refractivity contribution is 7.92. The van der Waals surface area contributed by atoms with Crippen molar-refractivity contribution in [3.63, 3.8) is 0 Å². The number of ether oxygens (including phenoxy) is 1. The predicted molar refractivity (Wildman–Crippen MR) is 73.5 cm³/mol. The summed E-state index contributed by atoms with van der Waals surface area (Å²) in [6.45, 7) is 1.13. The van der Waals surface area contributed by atoms with Crippen molar-refractivity contribution >= 4 is 33.2 Å². The second-order valence-electron chi connectivity index (χ2n) is 3.88. The van der Waals surface area contributed by atoms with Crippen molar-refractivity contribution in [2.24, 2.45) is 0 Å². The van der Waals surface area contributed by atoms with Gasteiger partial charge in [0, 0.05) is 6.92 Å². The van der Waals surface area contributed by atoms with Gasteiger partial charge in [0.1, 0.15) is 0 Å². The van der Waals surface area contributed by atoms with Gasteiger partial charge in [-0.15, -0.1) is 11.3 Å². The second-order valence-corrected chi connectivity index (χ2v) is 6.58. The van der Waals surface area contributed by atoms with Gasteiger partial charge < -0.3 is 14.3 Å². The highest BCUT2D eigenvalue weighted by Crippen LogP contribution is 2.47. The number of rotatable bonds is 4. The summed E-state index contributed by atoms with van der Waals surface area (Å²) in [4.78, 5) is 11.6. The van der Waals surface area contributed by atoms with Crippen LogP contribution < -0.4 is 9.46 Å². The molecule has 2 rings (SSSR count). The molecule has 0 amide bonds. The molecule has 2 heterocycles. The van der Waals surface area contributed by atoms with Gasteiger partial charge in [0.15, 0.2) is 5.76 Å². The Morgan fingerprint density at radius 3 is 2.70 bits per heavy atom. The summed E-state index contributed by atoms with van der Waals surface area (Å²) in [6, 6.07) is 3.40. The molecule has 7 nitrogen and oxygen atoms in total. The van der Waals surface area contributed by atoms with Crippen molar-refractivity contribution < 1.29 is 27.5 Å². The smallest absolute Gasteiger partial charge is 0.308 e. The van der Waals surface area contributed by atoms with E-state index in [9.17, 15) is 18.3 Å². The van der Waals surface area contributed by atoms with Gasteiger partial charge in [-0.05, 0) is 11.4 Å². The molecule has 2 aromatic rings. The van der Waals surface area contributed by atoms with Gasteiger partial charge in [-0.2, -0.15) is 0 Å². The zero-order chi connectivity index (χ0) is 14.9. The maximum atomic E-state index is 11.3. The zero-order valence-corrected chi connectivity index (χ0v) is 12.2. The first kappa shape index (κ1) is 14.4. The first-order chi connectivity index (χ1) is 9.28. The van der Waals surface area contributed by atoms with Crippen LogP contribution in [-0.2, 0) is 14.8 Å². The number of furan rings is 1. The van der Waals surface area contributed by atoms with E-state index in [1.165, 1.54) is 11.3 Å². The van der Waals surface area contributed by atoms with Gasteiger partial charge in [0.2, 0.25) is 21.5 Å². The van der Waals surface area contributed by atoms with E-state index >= 15 is 0 Å². The Morgan fingerprint density at radius 2 is 2.20 bits per heavy atom. The van der Waals surface area contributed by atoms with Crippen LogP contribution in [0.1, 0.15) is 6.92 Å². The third-order valence-corrected chi connectivity index (χ3v) is 3.53. The standard InChI is InChI=1S/C11H11NO6S2/c1-6(13)17-10-8(14)9(7-4-3-5-19-7)18-11(10)12-20(2,15)16/h3-5,12,14H,1-2H3. The molecule has 108 valence electrons. The number of nitrogens with one attached hydrogen (secondary N) is 1. The Bertz CT molecular complexity index is 729. The first-order valence-corrected chi connectivity index (χ1v) is 8.11. The van der Waals surface area contributed by atoms with E-state index in [1.54, 1.807) is 17.5 Å². The highest BCUT2D eigenvalue weighted by atomic mass is 32.2. The third kappa shape index (κ3) is 3.11. The summed E-state index contributed by atoms with van der Waals surface area (Å²) in [5, 5.41) is 11.8. The second kappa shape index (κ2) is 5.17. The Balaban J connectivity index is 2.54. The van der Waals surface area contributed by atoms with Crippen molar-refractivity contribution in [3.05, 3.63) is 17.5 Å². The van der Waals surface area contributed by atoms with Crippen LogP contribution in [0.5, 0.6) is 11.5 Å². The minimum atomic E-state index is -3.65. The van der Waals surface area contributed by atoms with Gasteiger partial charge in [0.25, 0.3) is 5.88 Å². The lowest BCUT2D eigenvalue weighted by Crippen LogP contribution is -2.11. The van der Waals surface area contributed by atoms with Crippen LogP contribution in [0.3, 0.4) is 0 Å². The Hall–Kier alpha value is -2.00. The van der Waals surface area contributed by atoms with E-state index < -0.39 is 21.7 Å². The summed E-state index contributed by atoms with van der Waals surface area (Å²) in [5.41, 5.74) is 0. The zero-order valence-electron chi connectivity index (χ0n) is 10.5. The molecule has 0 aromatic carbocycles. The topological polar surface area (TPSA) is 106 Å². The van der Waals surface area contributed by atoms with E-state index in [2.05, 4.69) is 4.72 Å². The molecule has 0 aliphatic rings. The third-order valence-electron chi connectivity index (χ3n) is 2.11. The molecule has 0 atom stereocenters. The average Bonchev–Trinajstić information content (AvgIpc) is 2.89. The number of anilines is 1. The number of carbonyl (C=O) groups excluding carboxylic acids is 1. The number of hydrogen-bond donors (Lipinski definition) is 2. The minimum Gasteiger partial charge on any atom is -0.501 e. The maximum Gasteiger partial charge on any atom is 0.308 e. The minimum absolute atomic E-state index is 0.0300. The number of thiophene rings is 1. The van der Waals surface area contributed by atoms with Crippen molar-refractivity contribution in [3.8, 4) is 22.1 Å². The van der Waals surface area contributed by atoms with E-state index in [0.29, 0.717) is 4.88 Å². The first-order valence-electron chi connectivity index (χ1n) is 5.34. The van der Waals surface area contributed by atoms with E-state index in [4.69, 9.17) is 9.15 Å². The summed E-state index contributed by atoms with van der Waals surface area (Å²) in [6.07, 6.45) is 0.912. The largest absolute Gasteiger partial charge is 0.501 e. The Kier molecular flexibility index (Phi) is 3.73. The normalized spacial score (nSPS) is 11.3. The lowest BCUT2D eigenvalue weighted by Gasteiger charge is -2.02. The van der Waals surface area contributed by atoms with Crippen LogP contribution in [0, 0.1) is 0 Å². The molecular weight excluding hydrogens is 306 g/mol. The number of hydrogen-bond acceptors (Lipinski definition) is 7.